The largest absolute Gasteiger partial charge is 0.276 e. The molecule has 0 atom stereocenters. The van der Waals surface area contributed by atoms with Crippen LogP contribution in [0.4, 0.5) is 4.39 Å². The molecular weight excluding hydrogens is 223 g/mol. The fraction of sp³-hybridized carbons (Fsp3) is 0.125. The third-order valence-corrected chi connectivity index (χ3v) is 2.20. The van der Waals surface area contributed by atoms with Gasteiger partial charge in [-0.05, 0) is 12.1 Å². The van der Waals surface area contributed by atoms with E-state index >= 15 is 0 Å². The fourth-order valence-corrected chi connectivity index (χ4v) is 1.36. The molecule has 0 aliphatic heterocycles. The Labute approximate surface area is 77.2 Å². The highest BCUT2D eigenvalue weighted by Gasteiger charge is 2.02. The van der Waals surface area contributed by atoms with Crippen molar-refractivity contribution >= 4 is 21.6 Å². The molecule has 0 saturated carbocycles. The van der Waals surface area contributed by atoms with E-state index in [2.05, 4.69) is 20.9 Å². The first-order valence-corrected chi connectivity index (χ1v) is 4.62. The molecule has 0 aliphatic carbocycles. The Morgan fingerprint density at radius 1 is 1.50 bits per heavy atom. The van der Waals surface area contributed by atoms with Crippen molar-refractivity contribution in [2.24, 2.45) is 0 Å². The summed E-state index contributed by atoms with van der Waals surface area (Å²) in [6.45, 7) is 0. The molecule has 62 valence electrons. The van der Waals surface area contributed by atoms with E-state index in [9.17, 15) is 4.39 Å². The molecule has 0 bridgehead atoms. The van der Waals surface area contributed by atoms with Crippen molar-refractivity contribution in [3.8, 4) is 0 Å². The van der Waals surface area contributed by atoms with E-state index in [1.165, 1.54) is 10.5 Å². The van der Waals surface area contributed by atoms with Gasteiger partial charge >= 0.3 is 0 Å². The van der Waals surface area contributed by atoms with Crippen molar-refractivity contribution in [1.82, 2.24) is 9.38 Å². The number of aromatic nitrogens is 2. The topological polar surface area (TPSA) is 17.3 Å². The van der Waals surface area contributed by atoms with Crippen molar-refractivity contribution in [2.75, 3.05) is 0 Å². The first-order valence-electron chi connectivity index (χ1n) is 3.50. The molecule has 0 spiro atoms. The van der Waals surface area contributed by atoms with Crippen LogP contribution in [-0.4, -0.2) is 9.38 Å². The predicted molar refractivity (Wildman–Crippen MR) is 47.8 cm³/mol. The van der Waals surface area contributed by atoms with Crippen LogP contribution in [0.1, 0.15) is 5.69 Å². The molecule has 0 aromatic carbocycles. The van der Waals surface area contributed by atoms with Crippen LogP contribution >= 0.6 is 15.9 Å². The summed E-state index contributed by atoms with van der Waals surface area (Å²) in [7, 11) is 0. The number of halogens is 2. The lowest BCUT2D eigenvalue weighted by molar-refractivity contribution is 0.567. The Kier molecular flexibility index (Phi) is 1.84. The maximum absolute atomic E-state index is 13.0. The van der Waals surface area contributed by atoms with Gasteiger partial charge in [0.25, 0.3) is 0 Å². The Balaban J connectivity index is 2.74. The highest BCUT2D eigenvalue weighted by molar-refractivity contribution is 9.08. The summed E-state index contributed by atoms with van der Waals surface area (Å²) in [6, 6.07) is 4.83. The molecule has 2 rings (SSSR count). The molecule has 12 heavy (non-hydrogen) atoms. The summed E-state index contributed by atoms with van der Waals surface area (Å²) >= 11 is 3.26. The molecule has 2 heterocycles. The van der Waals surface area contributed by atoms with Crippen LogP contribution in [0.15, 0.2) is 24.4 Å². The van der Waals surface area contributed by atoms with Gasteiger partial charge in [0.2, 0.25) is 0 Å². The summed E-state index contributed by atoms with van der Waals surface area (Å²) in [6.07, 6.45) is 1.68. The van der Waals surface area contributed by atoms with E-state index in [4.69, 9.17) is 0 Å². The third kappa shape index (κ3) is 1.12. The molecule has 2 nitrogen and oxygen atoms in total. The third-order valence-electron chi connectivity index (χ3n) is 1.63. The Hall–Kier alpha value is -0.900. The average molecular weight is 229 g/mol. The minimum absolute atomic E-state index is 0.285. The fourth-order valence-electron chi connectivity index (χ4n) is 1.09. The monoisotopic (exact) mass is 228 g/mol. The number of imidazole rings is 1. The van der Waals surface area contributed by atoms with Crippen molar-refractivity contribution < 1.29 is 4.39 Å². The Morgan fingerprint density at radius 2 is 2.33 bits per heavy atom. The summed E-state index contributed by atoms with van der Waals surface area (Å²) in [5, 5.41) is 0.647. The van der Waals surface area contributed by atoms with Crippen LogP contribution in [0.5, 0.6) is 0 Å². The summed E-state index contributed by atoms with van der Waals surface area (Å²) in [5.74, 6) is -0.285. The molecule has 0 aliphatic rings. The van der Waals surface area contributed by atoms with Gasteiger partial charge in [-0.3, -0.25) is 4.40 Å². The smallest absolute Gasteiger partial charge is 0.199 e. The van der Waals surface area contributed by atoms with Crippen LogP contribution in [0.3, 0.4) is 0 Å². The molecular formula is C8H6BrFN2. The van der Waals surface area contributed by atoms with E-state index < -0.39 is 0 Å². The molecule has 0 N–H and O–H groups in total. The zero-order chi connectivity index (χ0) is 8.55. The number of fused-ring (bicyclic) bond motifs is 1. The highest BCUT2D eigenvalue weighted by atomic mass is 79.9. The number of rotatable bonds is 1. The van der Waals surface area contributed by atoms with Crippen LogP contribution < -0.4 is 0 Å². The van der Waals surface area contributed by atoms with Gasteiger partial charge in [-0.1, -0.05) is 22.0 Å². The van der Waals surface area contributed by atoms with Gasteiger partial charge in [0.1, 0.15) is 5.65 Å². The van der Waals surface area contributed by atoms with Gasteiger partial charge in [-0.2, -0.15) is 4.39 Å². The van der Waals surface area contributed by atoms with E-state index in [1.54, 1.807) is 18.3 Å². The summed E-state index contributed by atoms with van der Waals surface area (Å²) < 4.78 is 14.5. The molecule has 0 saturated heterocycles. The maximum Gasteiger partial charge on any atom is 0.199 e. The van der Waals surface area contributed by atoms with Crippen molar-refractivity contribution in [3.63, 3.8) is 0 Å². The summed E-state index contributed by atoms with van der Waals surface area (Å²) in [5.41, 5.74) is 1.48. The van der Waals surface area contributed by atoms with Gasteiger partial charge in [-0.25, -0.2) is 4.98 Å². The number of hydrogen-bond donors (Lipinski definition) is 0. The lowest BCUT2D eigenvalue weighted by Gasteiger charge is -1.91. The van der Waals surface area contributed by atoms with Gasteiger partial charge in [0.05, 0.1) is 5.69 Å². The van der Waals surface area contributed by atoms with Crippen molar-refractivity contribution in [3.05, 3.63) is 36.0 Å². The Morgan fingerprint density at radius 3 is 3.00 bits per heavy atom. The zero-order valence-electron chi connectivity index (χ0n) is 6.17. The molecule has 4 heteroatoms. The molecule has 0 fully saturated rings. The van der Waals surface area contributed by atoms with Crippen molar-refractivity contribution in [2.45, 2.75) is 5.33 Å². The second-order valence-corrected chi connectivity index (χ2v) is 3.00. The van der Waals surface area contributed by atoms with E-state index in [1.807, 2.05) is 0 Å². The highest BCUT2D eigenvalue weighted by Crippen LogP contribution is 2.09. The minimum Gasteiger partial charge on any atom is -0.276 e. The minimum atomic E-state index is -0.285. The van der Waals surface area contributed by atoms with Gasteiger partial charge < -0.3 is 0 Å². The second-order valence-electron chi connectivity index (χ2n) is 2.44. The van der Waals surface area contributed by atoms with Crippen LogP contribution in [0, 0.1) is 5.95 Å². The molecule has 0 unspecified atom stereocenters. The number of alkyl halides is 1. The average Bonchev–Trinajstić information content (AvgIpc) is 2.49. The number of nitrogens with zero attached hydrogens (tertiary/aromatic N) is 2. The van der Waals surface area contributed by atoms with E-state index in [-0.39, 0.29) is 5.95 Å². The zero-order valence-corrected chi connectivity index (χ0v) is 7.75. The number of hydrogen-bond acceptors (Lipinski definition) is 1. The number of pyridine rings is 1. The summed E-state index contributed by atoms with van der Waals surface area (Å²) in [4.78, 5) is 4.17. The molecule has 2 aromatic heterocycles. The van der Waals surface area contributed by atoms with E-state index in [0.29, 0.717) is 11.0 Å². The van der Waals surface area contributed by atoms with Gasteiger partial charge in [-0.15, -0.1) is 0 Å². The quantitative estimate of drug-likeness (QED) is 0.542. The lowest BCUT2D eigenvalue weighted by Crippen LogP contribution is -1.88. The second kappa shape index (κ2) is 2.86. The van der Waals surface area contributed by atoms with E-state index in [0.717, 1.165) is 5.69 Å². The van der Waals surface area contributed by atoms with Gasteiger partial charge in [0, 0.05) is 11.5 Å². The molecule has 0 radical (unpaired) electrons. The standard InChI is InChI=1S/C8H6BrFN2/c9-4-6-5-12-7(10)2-1-3-8(12)11-6/h1-3,5H,4H2. The van der Waals surface area contributed by atoms with Gasteiger partial charge in [0.15, 0.2) is 5.95 Å². The van der Waals surface area contributed by atoms with Crippen LogP contribution in [0.2, 0.25) is 0 Å². The Bertz CT molecular complexity index is 410. The predicted octanol–water partition coefficient (Wildman–Crippen LogP) is 2.37. The van der Waals surface area contributed by atoms with Crippen LogP contribution in [0.25, 0.3) is 5.65 Å². The van der Waals surface area contributed by atoms with Crippen molar-refractivity contribution in [1.29, 1.82) is 0 Å². The lowest BCUT2D eigenvalue weighted by atomic mass is 10.5. The first-order chi connectivity index (χ1) is 5.81. The molecule has 2 aromatic rings. The van der Waals surface area contributed by atoms with Crippen LogP contribution in [-0.2, 0) is 5.33 Å². The molecule has 0 amide bonds. The SMILES string of the molecule is Fc1cccc2nc(CBr)cn12. The maximum atomic E-state index is 13.0. The normalized spacial score (nSPS) is 10.8. The first kappa shape index (κ1) is 7.73.